The highest BCUT2D eigenvalue weighted by molar-refractivity contribution is 6.00. The quantitative estimate of drug-likeness (QED) is 0.737. The summed E-state index contributed by atoms with van der Waals surface area (Å²) in [7, 11) is 0. The van der Waals surface area contributed by atoms with Gasteiger partial charge in [0.15, 0.2) is 5.78 Å². The molecule has 0 saturated carbocycles. The van der Waals surface area contributed by atoms with Gasteiger partial charge < -0.3 is 9.84 Å². The van der Waals surface area contributed by atoms with Gasteiger partial charge >= 0.3 is 0 Å². The number of fused-ring (bicyclic) bond motifs is 1. The number of hydrogen-bond acceptors (Lipinski definition) is 3. The SMILES string of the molecule is C/C=C/[C@H]1CC(=O)c2cc(C)c(O)cc2O1. The minimum absolute atomic E-state index is 0.0625. The fourth-order valence-electron chi connectivity index (χ4n) is 1.81. The first-order chi connectivity index (χ1) is 7.61. The van der Waals surface area contributed by atoms with Gasteiger partial charge in [0.05, 0.1) is 12.0 Å². The number of aromatic hydroxyl groups is 1. The van der Waals surface area contributed by atoms with Crippen LogP contribution in [0.15, 0.2) is 24.3 Å². The zero-order valence-corrected chi connectivity index (χ0v) is 9.36. The van der Waals surface area contributed by atoms with Gasteiger partial charge in [-0.25, -0.2) is 0 Å². The van der Waals surface area contributed by atoms with E-state index in [1.54, 1.807) is 13.0 Å². The Bertz CT molecular complexity index is 460. The third-order valence-corrected chi connectivity index (χ3v) is 2.67. The second kappa shape index (κ2) is 4.00. The highest BCUT2D eigenvalue weighted by Crippen LogP contribution is 2.33. The summed E-state index contributed by atoms with van der Waals surface area (Å²) in [6, 6.07) is 3.19. The van der Waals surface area contributed by atoms with Gasteiger partial charge in [-0.05, 0) is 31.6 Å². The summed E-state index contributed by atoms with van der Waals surface area (Å²) in [6.07, 6.45) is 3.85. The molecule has 0 amide bonds. The van der Waals surface area contributed by atoms with Crippen molar-refractivity contribution < 1.29 is 14.6 Å². The molecule has 16 heavy (non-hydrogen) atoms. The van der Waals surface area contributed by atoms with Crippen LogP contribution in [0.25, 0.3) is 0 Å². The lowest BCUT2D eigenvalue weighted by molar-refractivity contribution is 0.0893. The van der Waals surface area contributed by atoms with Crippen LogP contribution in [-0.2, 0) is 0 Å². The maximum atomic E-state index is 11.8. The smallest absolute Gasteiger partial charge is 0.170 e. The van der Waals surface area contributed by atoms with Crippen molar-refractivity contribution in [3.63, 3.8) is 0 Å². The molecule has 1 aromatic carbocycles. The number of rotatable bonds is 1. The van der Waals surface area contributed by atoms with Crippen LogP contribution in [0.1, 0.15) is 29.3 Å². The second-order valence-corrected chi connectivity index (χ2v) is 3.94. The Hall–Kier alpha value is -1.77. The maximum Gasteiger partial charge on any atom is 0.170 e. The molecule has 1 aromatic rings. The predicted octanol–water partition coefficient (Wildman–Crippen LogP) is 2.61. The van der Waals surface area contributed by atoms with Gasteiger partial charge in [-0.1, -0.05) is 6.08 Å². The van der Waals surface area contributed by atoms with Gasteiger partial charge in [-0.15, -0.1) is 0 Å². The van der Waals surface area contributed by atoms with Crippen LogP contribution in [-0.4, -0.2) is 17.0 Å². The summed E-state index contributed by atoms with van der Waals surface area (Å²) in [5.74, 6) is 0.697. The molecule has 3 heteroatoms. The zero-order valence-electron chi connectivity index (χ0n) is 9.36. The molecule has 0 bridgehead atoms. The Morgan fingerprint density at radius 1 is 1.50 bits per heavy atom. The van der Waals surface area contributed by atoms with Crippen molar-refractivity contribution in [3.05, 3.63) is 35.4 Å². The fraction of sp³-hybridized carbons (Fsp3) is 0.308. The number of benzene rings is 1. The minimum Gasteiger partial charge on any atom is -0.508 e. The van der Waals surface area contributed by atoms with E-state index in [-0.39, 0.29) is 17.6 Å². The molecule has 3 nitrogen and oxygen atoms in total. The molecule has 2 rings (SSSR count). The van der Waals surface area contributed by atoms with E-state index in [4.69, 9.17) is 4.74 Å². The van der Waals surface area contributed by atoms with Crippen molar-refractivity contribution in [3.8, 4) is 11.5 Å². The van der Waals surface area contributed by atoms with Crippen LogP contribution in [0.5, 0.6) is 11.5 Å². The van der Waals surface area contributed by atoms with E-state index >= 15 is 0 Å². The molecule has 0 fully saturated rings. The first kappa shape index (κ1) is 10.7. The van der Waals surface area contributed by atoms with Crippen LogP contribution in [0, 0.1) is 6.92 Å². The third kappa shape index (κ3) is 1.81. The van der Waals surface area contributed by atoms with Crippen molar-refractivity contribution in [2.24, 2.45) is 0 Å². The lowest BCUT2D eigenvalue weighted by atomic mass is 9.98. The fourth-order valence-corrected chi connectivity index (χ4v) is 1.81. The van der Waals surface area contributed by atoms with E-state index in [9.17, 15) is 9.90 Å². The summed E-state index contributed by atoms with van der Waals surface area (Å²) in [5, 5.41) is 9.57. The number of allylic oxidation sites excluding steroid dienone is 1. The average molecular weight is 218 g/mol. The van der Waals surface area contributed by atoms with Crippen LogP contribution in [0.2, 0.25) is 0 Å². The number of hydrogen-bond donors (Lipinski definition) is 1. The number of ketones is 1. The molecular formula is C13H14O3. The number of phenols is 1. The number of carbonyl (C=O) groups is 1. The maximum absolute atomic E-state index is 11.8. The molecule has 1 heterocycles. The average Bonchev–Trinajstić information content (AvgIpc) is 2.22. The van der Waals surface area contributed by atoms with E-state index in [1.165, 1.54) is 6.07 Å². The van der Waals surface area contributed by atoms with E-state index in [2.05, 4.69) is 0 Å². The van der Waals surface area contributed by atoms with Gasteiger partial charge in [-0.3, -0.25) is 4.79 Å². The van der Waals surface area contributed by atoms with Gasteiger partial charge in [0.1, 0.15) is 17.6 Å². The summed E-state index contributed by atoms with van der Waals surface area (Å²) in [6.45, 7) is 3.65. The molecule has 1 aliphatic rings. The molecule has 0 aliphatic carbocycles. The van der Waals surface area contributed by atoms with Crippen LogP contribution < -0.4 is 4.74 Å². The van der Waals surface area contributed by atoms with Gasteiger partial charge in [-0.2, -0.15) is 0 Å². The predicted molar refractivity (Wildman–Crippen MR) is 61.0 cm³/mol. The van der Waals surface area contributed by atoms with Crippen molar-refractivity contribution in [1.82, 2.24) is 0 Å². The molecule has 0 unspecified atom stereocenters. The number of carbonyl (C=O) groups excluding carboxylic acids is 1. The Morgan fingerprint density at radius 3 is 2.94 bits per heavy atom. The van der Waals surface area contributed by atoms with E-state index in [1.807, 2.05) is 19.1 Å². The molecule has 84 valence electrons. The number of Topliss-reactive ketones (excluding diaryl/α,β-unsaturated/α-hetero) is 1. The molecule has 0 spiro atoms. The molecule has 0 saturated heterocycles. The number of ether oxygens (including phenoxy) is 1. The highest BCUT2D eigenvalue weighted by Gasteiger charge is 2.25. The first-order valence-corrected chi connectivity index (χ1v) is 5.28. The number of phenolic OH excluding ortho intramolecular Hbond substituents is 1. The van der Waals surface area contributed by atoms with Crippen molar-refractivity contribution in [2.45, 2.75) is 26.4 Å². The zero-order chi connectivity index (χ0) is 11.7. The largest absolute Gasteiger partial charge is 0.508 e. The Balaban J connectivity index is 2.42. The lowest BCUT2D eigenvalue weighted by Crippen LogP contribution is -2.25. The van der Waals surface area contributed by atoms with E-state index < -0.39 is 0 Å². The summed E-state index contributed by atoms with van der Waals surface area (Å²) in [5.41, 5.74) is 1.26. The molecule has 1 atom stereocenters. The summed E-state index contributed by atoms with van der Waals surface area (Å²) in [4.78, 5) is 11.8. The molecule has 0 radical (unpaired) electrons. The van der Waals surface area contributed by atoms with Crippen molar-refractivity contribution in [2.75, 3.05) is 0 Å². The Labute approximate surface area is 94.4 Å². The first-order valence-electron chi connectivity index (χ1n) is 5.28. The van der Waals surface area contributed by atoms with Crippen LogP contribution >= 0.6 is 0 Å². The number of aryl methyl sites for hydroxylation is 1. The van der Waals surface area contributed by atoms with E-state index in [0.29, 0.717) is 23.3 Å². The van der Waals surface area contributed by atoms with Crippen LogP contribution in [0.3, 0.4) is 0 Å². The summed E-state index contributed by atoms with van der Waals surface area (Å²) < 4.78 is 5.61. The van der Waals surface area contributed by atoms with Crippen molar-refractivity contribution in [1.29, 1.82) is 0 Å². The Morgan fingerprint density at radius 2 is 2.25 bits per heavy atom. The minimum atomic E-state index is -0.216. The normalized spacial score (nSPS) is 19.6. The molecule has 0 aromatic heterocycles. The lowest BCUT2D eigenvalue weighted by Gasteiger charge is -2.23. The third-order valence-electron chi connectivity index (χ3n) is 2.67. The van der Waals surface area contributed by atoms with Gasteiger partial charge in [0.25, 0.3) is 0 Å². The second-order valence-electron chi connectivity index (χ2n) is 3.94. The topological polar surface area (TPSA) is 46.5 Å². The van der Waals surface area contributed by atoms with Gasteiger partial charge in [0, 0.05) is 6.07 Å². The standard InChI is InChI=1S/C13H14O3/c1-3-4-9-6-12(15)10-5-8(2)11(14)7-13(10)16-9/h3-5,7,9,14H,6H2,1-2H3/b4-3+/t9-/m0/s1. The van der Waals surface area contributed by atoms with Crippen LogP contribution in [0.4, 0.5) is 0 Å². The monoisotopic (exact) mass is 218 g/mol. The Kier molecular flexibility index (Phi) is 2.69. The van der Waals surface area contributed by atoms with E-state index in [0.717, 1.165) is 0 Å². The van der Waals surface area contributed by atoms with Crippen molar-refractivity contribution >= 4 is 5.78 Å². The molecule has 1 N–H and O–H groups in total. The highest BCUT2D eigenvalue weighted by atomic mass is 16.5. The molecule has 1 aliphatic heterocycles. The van der Waals surface area contributed by atoms with Gasteiger partial charge in [0.2, 0.25) is 0 Å². The summed E-state index contributed by atoms with van der Waals surface area (Å²) >= 11 is 0. The molecular weight excluding hydrogens is 204 g/mol.